The Morgan fingerprint density at radius 1 is 1.55 bits per heavy atom. The van der Waals surface area contributed by atoms with Crippen molar-refractivity contribution in [2.75, 3.05) is 0 Å². The molecule has 1 aromatic rings. The highest BCUT2D eigenvalue weighted by molar-refractivity contribution is 5.66. The molecule has 0 aromatic carbocycles. The summed E-state index contributed by atoms with van der Waals surface area (Å²) in [5.41, 5.74) is 0.690. The van der Waals surface area contributed by atoms with E-state index >= 15 is 0 Å². The second-order valence-electron chi connectivity index (χ2n) is 2.41. The van der Waals surface area contributed by atoms with E-state index in [9.17, 15) is 4.79 Å². The number of aromatic nitrogens is 2. The first-order valence-corrected chi connectivity index (χ1v) is 3.47. The van der Waals surface area contributed by atoms with Crippen LogP contribution in [0.2, 0.25) is 0 Å². The van der Waals surface area contributed by atoms with Crippen molar-refractivity contribution in [2.45, 2.75) is 12.8 Å². The van der Waals surface area contributed by atoms with E-state index in [1.165, 1.54) is 0 Å². The lowest BCUT2D eigenvalue weighted by atomic mass is 10.1. The van der Waals surface area contributed by atoms with Gasteiger partial charge in [0, 0.05) is 18.0 Å². The van der Waals surface area contributed by atoms with Gasteiger partial charge in [-0.25, -0.2) is 14.8 Å². The summed E-state index contributed by atoms with van der Waals surface area (Å²) >= 11 is 0. The highest BCUT2D eigenvalue weighted by Gasteiger charge is 2.05. The lowest BCUT2D eigenvalue weighted by Gasteiger charge is -2.05. The number of nitrogens with zero attached hydrogens (tertiary/aromatic N) is 2. The third-order valence-electron chi connectivity index (χ3n) is 1.63. The molecule has 0 spiro atoms. The van der Waals surface area contributed by atoms with Crippen LogP contribution < -0.4 is 5.69 Å². The van der Waals surface area contributed by atoms with E-state index in [-0.39, 0.29) is 5.69 Å². The maximum Gasteiger partial charge on any atom is 0.346 e. The van der Waals surface area contributed by atoms with Crippen molar-refractivity contribution in [3.8, 4) is 0 Å². The molecule has 0 unspecified atom stereocenters. The Bertz CT molecular complexity index is 353. The number of H-pyrrole nitrogens is 1. The first kappa shape index (κ1) is 6.27. The summed E-state index contributed by atoms with van der Waals surface area (Å²) in [6, 6.07) is 0. The zero-order valence-corrected chi connectivity index (χ0v) is 5.87. The van der Waals surface area contributed by atoms with Gasteiger partial charge in [-0.1, -0.05) is 0 Å². The monoisotopic (exact) mass is 149 g/mol. The summed E-state index contributed by atoms with van der Waals surface area (Å²) in [5.74, 6) is 0.663. The van der Waals surface area contributed by atoms with E-state index in [2.05, 4.69) is 15.0 Å². The standard InChI is InChI=1S/C7H7N3O/c11-7-9-4-5-2-1-3-8-6(5)10-7/h3-4H,1-2H2,(H,9,10,11). The molecule has 0 saturated heterocycles. The largest absolute Gasteiger partial charge is 0.346 e. The summed E-state index contributed by atoms with van der Waals surface area (Å²) in [7, 11) is 0. The van der Waals surface area contributed by atoms with Crippen LogP contribution in [-0.2, 0) is 6.42 Å². The molecule has 4 nitrogen and oxygen atoms in total. The topological polar surface area (TPSA) is 58.1 Å². The van der Waals surface area contributed by atoms with Gasteiger partial charge in [0.05, 0.1) is 0 Å². The van der Waals surface area contributed by atoms with Crippen molar-refractivity contribution in [2.24, 2.45) is 4.99 Å². The van der Waals surface area contributed by atoms with Gasteiger partial charge in [-0.3, -0.25) is 4.98 Å². The quantitative estimate of drug-likeness (QED) is 0.581. The number of aliphatic imine (C=N–C) groups is 1. The zero-order chi connectivity index (χ0) is 7.68. The average molecular weight is 149 g/mol. The highest BCUT2D eigenvalue weighted by Crippen LogP contribution is 2.17. The maximum absolute atomic E-state index is 10.7. The van der Waals surface area contributed by atoms with Gasteiger partial charge in [-0.05, 0) is 12.8 Å². The summed E-state index contributed by atoms with van der Waals surface area (Å²) in [5, 5.41) is 0. The van der Waals surface area contributed by atoms with Gasteiger partial charge in [0.1, 0.15) is 5.82 Å². The number of aryl methyl sites for hydroxylation is 1. The molecular formula is C7H7N3O. The molecule has 0 atom stereocenters. The van der Waals surface area contributed by atoms with Crippen molar-refractivity contribution in [1.82, 2.24) is 9.97 Å². The molecule has 2 heterocycles. The second-order valence-corrected chi connectivity index (χ2v) is 2.41. The van der Waals surface area contributed by atoms with Crippen molar-refractivity contribution < 1.29 is 0 Å². The third kappa shape index (κ3) is 1.07. The van der Waals surface area contributed by atoms with Crippen LogP contribution in [0.1, 0.15) is 12.0 Å². The van der Waals surface area contributed by atoms with Gasteiger partial charge in [0.2, 0.25) is 0 Å². The Kier molecular flexibility index (Phi) is 1.31. The number of nitrogens with one attached hydrogen (secondary N) is 1. The summed E-state index contributed by atoms with van der Waals surface area (Å²) in [6.07, 6.45) is 5.24. The van der Waals surface area contributed by atoms with Gasteiger partial charge in [-0.2, -0.15) is 0 Å². The Hall–Kier alpha value is -1.45. The summed E-state index contributed by atoms with van der Waals surface area (Å²) < 4.78 is 0. The molecule has 4 heteroatoms. The molecule has 1 aliphatic heterocycles. The number of fused-ring (bicyclic) bond motifs is 1. The average Bonchev–Trinajstić information content (AvgIpc) is 2.04. The lowest BCUT2D eigenvalue weighted by Crippen LogP contribution is -2.11. The molecule has 0 aliphatic carbocycles. The zero-order valence-electron chi connectivity index (χ0n) is 5.87. The molecule has 1 N–H and O–H groups in total. The molecule has 0 radical (unpaired) electrons. The number of hydrogen-bond donors (Lipinski definition) is 1. The van der Waals surface area contributed by atoms with Crippen LogP contribution in [0, 0.1) is 0 Å². The van der Waals surface area contributed by atoms with Crippen LogP contribution in [0.25, 0.3) is 0 Å². The minimum Gasteiger partial charge on any atom is -0.290 e. The molecule has 11 heavy (non-hydrogen) atoms. The highest BCUT2D eigenvalue weighted by atomic mass is 16.1. The van der Waals surface area contributed by atoms with Crippen LogP contribution in [0.3, 0.4) is 0 Å². The smallest absolute Gasteiger partial charge is 0.290 e. The Labute approximate surface area is 63.0 Å². The van der Waals surface area contributed by atoms with E-state index in [0.717, 1.165) is 18.4 Å². The molecule has 56 valence electrons. The fourth-order valence-electron chi connectivity index (χ4n) is 1.09. The van der Waals surface area contributed by atoms with E-state index in [0.29, 0.717) is 5.82 Å². The van der Waals surface area contributed by atoms with Crippen molar-refractivity contribution in [3.63, 3.8) is 0 Å². The van der Waals surface area contributed by atoms with Crippen LogP contribution in [0.4, 0.5) is 5.82 Å². The summed E-state index contributed by atoms with van der Waals surface area (Å²) in [4.78, 5) is 20.9. The molecule has 1 aromatic heterocycles. The van der Waals surface area contributed by atoms with Crippen molar-refractivity contribution in [3.05, 3.63) is 22.2 Å². The van der Waals surface area contributed by atoms with E-state index < -0.39 is 0 Å². The van der Waals surface area contributed by atoms with Crippen LogP contribution in [-0.4, -0.2) is 16.2 Å². The molecule has 2 rings (SSSR count). The van der Waals surface area contributed by atoms with E-state index in [1.54, 1.807) is 12.4 Å². The van der Waals surface area contributed by atoms with Crippen molar-refractivity contribution in [1.29, 1.82) is 0 Å². The fraction of sp³-hybridized carbons (Fsp3) is 0.286. The first-order valence-electron chi connectivity index (χ1n) is 3.47. The number of aromatic amines is 1. The first-order chi connectivity index (χ1) is 5.36. The van der Waals surface area contributed by atoms with Crippen molar-refractivity contribution >= 4 is 12.0 Å². The number of hydrogen-bond acceptors (Lipinski definition) is 3. The van der Waals surface area contributed by atoms with Gasteiger partial charge in [-0.15, -0.1) is 0 Å². The lowest BCUT2D eigenvalue weighted by molar-refractivity contribution is 0.945. The predicted molar refractivity (Wildman–Crippen MR) is 41.3 cm³/mol. The Balaban J connectivity index is 2.63. The molecule has 0 saturated carbocycles. The van der Waals surface area contributed by atoms with Crippen LogP contribution >= 0.6 is 0 Å². The van der Waals surface area contributed by atoms with Gasteiger partial charge >= 0.3 is 5.69 Å². The minimum atomic E-state index is -0.331. The van der Waals surface area contributed by atoms with Gasteiger partial charge in [0.15, 0.2) is 0 Å². The summed E-state index contributed by atoms with van der Waals surface area (Å²) in [6.45, 7) is 0. The second kappa shape index (κ2) is 2.30. The Morgan fingerprint density at radius 3 is 3.36 bits per heavy atom. The Morgan fingerprint density at radius 2 is 2.45 bits per heavy atom. The van der Waals surface area contributed by atoms with Gasteiger partial charge < -0.3 is 0 Å². The van der Waals surface area contributed by atoms with Crippen LogP contribution in [0.5, 0.6) is 0 Å². The fourth-order valence-corrected chi connectivity index (χ4v) is 1.09. The molecule has 1 aliphatic rings. The number of rotatable bonds is 0. The van der Waals surface area contributed by atoms with Gasteiger partial charge in [0.25, 0.3) is 0 Å². The SMILES string of the molecule is O=c1ncc2c([nH]1)N=CCC2. The maximum atomic E-state index is 10.7. The molecule has 0 bridgehead atoms. The van der Waals surface area contributed by atoms with E-state index in [4.69, 9.17) is 0 Å². The van der Waals surface area contributed by atoms with Crippen LogP contribution in [0.15, 0.2) is 16.0 Å². The molecule has 0 fully saturated rings. The third-order valence-corrected chi connectivity index (χ3v) is 1.63. The normalized spacial score (nSPS) is 14.5. The minimum absolute atomic E-state index is 0.331. The predicted octanol–water partition coefficient (Wildman–Crippen LogP) is 0.418. The molecule has 0 amide bonds. The molecular weight excluding hydrogens is 142 g/mol. The van der Waals surface area contributed by atoms with E-state index in [1.807, 2.05) is 0 Å².